The first-order valence-electron chi connectivity index (χ1n) is 7.18. The number of halogens is 1. The van der Waals surface area contributed by atoms with Gasteiger partial charge >= 0.3 is 0 Å². The number of imide groups is 1. The smallest absolute Gasteiger partial charge is 0.261 e. The molecule has 2 heterocycles. The molecule has 0 aliphatic carbocycles. The molecule has 2 aliphatic rings. The molecule has 5 nitrogen and oxygen atoms in total. The molecule has 0 unspecified atom stereocenters. The Kier molecular flexibility index (Phi) is 3.23. The van der Waals surface area contributed by atoms with Crippen molar-refractivity contribution >= 4 is 23.4 Å². The fraction of sp³-hybridized carbons (Fsp3) is 0.176. The molecule has 0 fully saturated rings. The van der Waals surface area contributed by atoms with E-state index in [1.54, 1.807) is 42.5 Å². The Morgan fingerprint density at radius 1 is 1.04 bits per heavy atom. The second-order valence-electron chi connectivity index (χ2n) is 5.41. The molecule has 6 heteroatoms. The van der Waals surface area contributed by atoms with Gasteiger partial charge in [-0.3, -0.25) is 14.5 Å². The van der Waals surface area contributed by atoms with Gasteiger partial charge in [-0.1, -0.05) is 23.7 Å². The molecule has 0 aromatic heterocycles. The van der Waals surface area contributed by atoms with Gasteiger partial charge in [0.2, 0.25) is 0 Å². The number of hydrogen-bond acceptors (Lipinski definition) is 4. The molecule has 0 saturated heterocycles. The third-order valence-electron chi connectivity index (χ3n) is 3.89. The minimum absolute atomic E-state index is 0.147. The Labute approximate surface area is 137 Å². The van der Waals surface area contributed by atoms with E-state index in [1.165, 1.54) is 4.90 Å². The Morgan fingerprint density at radius 2 is 1.74 bits per heavy atom. The number of nitrogens with zero attached hydrogens (tertiary/aromatic N) is 1. The first-order chi connectivity index (χ1) is 11.1. The van der Waals surface area contributed by atoms with E-state index < -0.39 is 6.10 Å². The van der Waals surface area contributed by atoms with E-state index in [9.17, 15) is 9.59 Å². The minimum atomic E-state index is -0.411. The highest BCUT2D eigenvalue weighted by Crippen LogP contribution is 2.34. The number of benzene rings is 2. The third-order valence-corrected chi connectivity index (χ3v) is 4.12. The van der Waals surface area contributed by atoms with Crippen LogP contribution in [0.3, 0.4) is 0 Å². The molecule has 0 bridgehead atoms. The second kappa shape index (κ2) is 5.28. The zero-order valence-corrected chi connectivity index (χ0v) is 12.7. The van der Waals surface area contributed by atoms with Crippen LogP contribution in [0.5, 0.6) is 11.5 Å². The average Bonchev–Trinajstić information content (AvgIpc) is 2.80. The summed E-state index contributed by atoms with van der Waals surface area (Å²) in [5.74, 6) is 0.533. The summed E-state index contributed by atoms with van der Waals surface area (Å²) in [6.07, 6.45) is -0.411. The molecule has 2 aromatic carbocycles. The molecular weight excluding hydrogens is 318 g/mol. The Balaban J connectivity index is 1.53. The van der Waals surface area contributed by atoms with Gasteiger partial charge in [0.1, 0.15) is 6.61 Å². The largest absolute Gasteiger partial charge is 0.486 e. The molecule has 2 amide bonds. The predicted molar refractivity (Wildman–Crippen MR) is 83.2 cm³/mol. The lowest BCUT2D eigenvalue weighted by atomic mass is 10.1. The SMILES string of the molecule is O=C1c2ccccc2C(=O)N1C[C@H]1COc2cc(Cl)ccc2O1. The van der Waals surface area contributed by atoms with Crippen LogP contribution in [0.15, 0.2) is 42.5 Å². The summed E-state index contributed by atoms with van der Waals surface area (Å²) in [7, 11) is 0. The normalized spacial score (nSPS) is 19.0. The van der Waals surface area contributed by atoms with Crippen molar-refractivity contribution in [1.29, 1.82) is 0 Å². The lowest BCUT2D eigenvalue weighted by molar-refractivity contribution is 0.0430. The van der Waals surface area contributed by atoms with E-state index in [2.05, 4.69) is 0 Å². The van der Waals surface area contributed by atoms with E-state index in [1.807, 2.05) is 0 Å². The highest BCUT2D eigenvalue weighted by atomic mass is 35.5. The van der Waals surface area contributed by atoms with Gasteiger partial charge in [0.25, 0.3) is 11.8 Å². The Morgan fingerprint density at radius 3 is 2.43 bits per heavy atom. The molecule has 23 heavy (non-hydrogen) atoms. The van der Waals surface area contributed by atoms with Crippen LogP contribution in [0, 0.1) is 0 Å². The van der Waals surface area contributed by atoms with Crippen molar-refractivity contribution in [3.8, 4) is 11.5 Å². The van der Waals surface area contributed by atoms with E-state index >= 15 is 0 Å². The third kappa shape index (κ3) is 2.33. The summed E-state index contributed by atoms with van der Waals surface area (Å²) in [5, 5.41) is 0.561. The molecule has 0 radical (unpaired) electrons. The summed E-state index contributed by atoms with van der Waals surface area (Å²) in [6.45, 7) is 0.398. The van der Waals surface area contributed by atoms with E-state index in [0.717, 1.165) is 0 Å². The van der Waals surface area contributed by atoms with Crippen LogP contribution in [0.2, 0.25) is 5.02 Å². The van der Waals surface area contributed by atoms with Crippen molar-refractivity contribution in [2.24, 2.45) is 0 Å². The molecular formula is C17H12ClNO4. The van der Waals surface area contributed by atoms with Crippen LogP contribution >= 0.6 is 11.6 Å². The highest BCUT2D eigenvalue weighted by Gasteiger charge is 2.37. The topological polar surface area (TPSA) is 55.8 Å². The summed E-state index contributed by atoms with van der Waals surface area (Å²) in [5.41, 5.74) is 0.864. The predicted octanol–water partition coefficient (Wildman–Crippen LogP) is 2.78. The Hall–Kier alpha value is -2.53. The van der Waals surface area contributed by atoms with Crippen molar-refractivity contribution in [1.82, 2.24) is 4.90 Å². The van der Waals surface area contributed by atoms with Crippen LogP contribution in [0.4, 0.5) is 0 Å². The van der Waals surface area contributed by atoms with Gasteiger partial charge < -0.3 is 9.47 Å². The first kappa shape index (κ1) is 14.1. The number of carbonyl (C=O) groups is 2. The number of fused-ring (bicyclic) bond motifs is 2. The molecule has 4 rings (SSSR count). The quantitative estimate of drug-likeness (QED) is 0.795. The molecule has 0 spiro atoms. The van der Waals surface area contributed by atoms with Gasteiger partial charge in [-0.15, -0.1) is 0 Å². The maximum Gasteiger partial charge on any atom is 0.261 e. The first-order valence-corrected chi connectivity index (χ1v) is 7.55. The van der Waals surface area contributed by atoms with E-state index in [4.69, 9.17) is 21.1 Å². The van der Waals surface area contributed by atoms with Gasteiger partial charge in [0.15, 0.2) is 17.6 Å². The maximum atomic E-state index is 12.4. The van der Waals surface area contributed by atoms with Crippen LogP contribution < -0.4 is 9.47 Å². The molecule has 0 saturated carbocycles. The van der Waals surface area contributed by atoms with E-state index in [-0.39, 0.29) is 25.0 Å². The number of carbonyl (C=O) groups excluding carboxylic acids is 2. The number of ether oxygens (including phenoxy) is 2. The van der Waals surface area contributed by atoms with Gasteiger partial charge in [0.05, 0.1) is 17.7 Å². The lowest BCUT2D eigenvalue weighted by Crippen LogP contribution is -2.43. The number of amides is 2. The van der Waals surface area contributed by atoms with Gasteiger partial charge in [0, 0.05) is 11.1 Å². The van der Waals surface area contributed by atoms with Crippen molar-refractivity contribution in [2.75, 3.05) is 13.2 Å². The van der Waals surface area contributed by atoms with E-state index in [0.29, 0.717) is 27.6 Å². The standard InChI is InChI=1S/C17H12ClNO4/c18-10-5-6-14-15(7-10)22-9-11(23-14)8-19-16(20)12-3-1-2-4-13(12)17(19)21/h1-7,11H,8-9H2/t11-/m0/s1. The fourth-order valence-electron chi connectivity index (χ4n) is 2.79. The van der Waals surface area contributed by atoms with Crippen LogP contribution in [-0.4, -0.2) is 36.0 Å². The van der Waals surface area contributed by atoms with Gasteiger partial charge in [-0.05, 0) is 24.3 Å². The molecule has 0 N–H and O–H groups in total. The maximum absolute atomic E-state index is 12.4. The molecule has 1 atom stereocenters. The second-order valence-corrected chi connectivity index (χ2v) is 5.84. The average molecular weight is 330 g/mol. The van der Waals surface area contributed by atoms with Crippen molar-refractivity contribution in [3.05, 3.63) is 58.6 Å². The summed E-state index contributed by atoms with van der Waals surface area (Å²) < 4.78 is 11.4. The van der Waals surface area contributed by atoms with Crippen LogP contribution in [0.1, 0.15) is 20.7 Å². The number of hydrogen-bond donors (Lipinski definition) is 0. The highest BCUT2D eigenvalue weighted by molar-refractivity contribution is 6.30. The van der Waals surface area contributed by atoms with Crippen LogP contribution in [-0.2, 0) is 0 Å². The van der Waals surface area contributed by atoms with Gasteiger partial charge in [-0.2, -0.15) is 0 Å². The molecule has 2 aliphatic heterocycles. The molecule has 116 valence electrons. The monoisotopic (exact) mass is 329 g/mol. The van der Waals surface area contributed by atoms with Crippen molar-refractivity contribution in [2.45, 2.75) is 6.10 Å². The Bertz CT molecular complexity index is 785. The zero-order valence-electron chi connectivity index (χ0n) is 12.0. The number of rotatable bonds is 2. The van der Waals surface area contributed by atoms with Crippen molar-refractivity contribution < 1.29 is 19.1 Å². The molecule has 2 aromatic rings. The zero-order chi connectivity index (χ0) is 16.0. The summed E-state index contributed by atoms with van der Waals surface area (Å²) in [4.78, 5) is 25.9. The van der Waals surface area contributed by atoms with Gasteiger partial charge in [-0.25, -0.2) is 0 Å². The van der Waals surface area contributed by atoms with Crippen LogP contribution in [0.25, 0.3) is 0 Å². The minimum Gasteiger partial charge on any atom is -0.486 e. The summed E-state index contributed by atoms with van der Waals surface area (Å²) in [6, 6.07) is 11.9. The summed E-state index contributed by atoms with van der Waals surface area (Å²) >= 11 is 5.91. The lowest BCUT2D eigenvalue weighted by Gasteiger charge is -2.28. The fourth-order valence-corrected chi connectivity index (χ4v) is 2.95. The van der Waals surface area contributed by atoms with Crippen molar-refractivity contribution in [3.63, 3.8) is 0 Å².